The minimum Gasteiger partial charge on any atom is -0.508 e. The first-order valence-electron chi connectivity index (χ1n) is 18.7. The molecule has 3 aliphatic rings. The standard InChI is InChI=1S/C14H16F3N3O2.C13H10N2O.C10H15NO3S.C4H10/c15-14(16,17)9-3-1-4-10(7-9)19-8-12(21)20-6-2-5-11(20)13(18)22;16-11-6-7-12-13(8-11)15(9-14-12)10-4-2-1-3-5-10;1-3-7-6-8(7)9(12)11-15(13,14)10(2)4-5-10;1-4(2)3/h1,3-4,7,11,19H,2,5-6,8H2,(H2,18,22);1-9,16H;3,7-8H,1,4-6H2,2H3,(H,11,12);4H,1-3H3. The van der Waals surface area contributed by atoms with E-state index in [1.165, 1.54) is 17.0 Å². The lowest BCUT2D eigenvalue weighted by Gasteiger charge is -2.22. The lowest BCUT2D eigenvalue weighted by atomic mass is 10.2. The number of halogens is 3. The number of carbonyl (C=O) groups excluding carboxylic acids is 3. The molecule has 7 rings (SSSR count). The highest BCUT2D eigenvalue weighted by atomic mass is 32.2. The number of amides is 3. The summed E-state index contributed by atoms with van der Waals surface area (Å²) in [5, 5.41) is 12.1. The van der Waals surface area contributed by atoms with E-state index in [9.17, 15) is 41.1 Å². The maximum absolute atomic E-state index is 12.6. The monoisotopic (exact) mass is 812 g/mol. The van der Waals surface area contributed by atoms with Gasteiger partial charge in [-0.25, -0.2) is 13.4 Å². The minimum absolute atomic E-state index is 0.159. The van der Waals surface area contributed by atoms with Gasteiger partial charge in [-0.3, -0.25) is 23.7 Å². The Kier molecular flexibility index (Phi) is 14.6. The van der Waals surface area contributed by atoms with Gasteiger partial charge >= 0.3 is 6.18 Å². The van der Waals surface area contributed by atoms with Crippen LogP contribution in [0.2, 0.25) is 0 Å². The number of phenols is 1. The number of nitrogens with zero attached hydrogens (tertiary/aromatic N) is 3. The third-order valence-corrected chi connectivity index (χ3v) is 11.6. The average molecular weight is 813 g/mol. The Morgan fingerprint density at radius 1 is 1.05 bits per heavy atom. The van der Waals surface area contributed by atoms with Gasteiger partial charge in [0.2, 0.25) is 27.7 Å². The maximum atomic E-state index is 12.6. The Bertz CT molecular complexity index is 2130. The number of imidazole rings is 1. The summed E-state index contributed by atoms with van der Waals surface area (Å²) in [7, 11) is -3.46. The summed E-state index contributed by atoms with van der Waals surface area (Å²) in [5.41, 5.74) is 7.45. The van der Waals surface area contributed by atoms with Gasteiger partial charge in [-0.1, -0.05) is 51.1 Å². The number of aromatic nitrogens is 2. The second-order valence-corrected chi connectivity index (χ2v) is 17.3. The van der Waals surface area contributed by atoms with Gasteiger partial charge in [0.1, 0.15) is 18.1 Å². The number of para-hydroxylation sites is 1. The van der Waals surface area contributed by atoms with E-state index < -0.39 is 38.5 Å². The molecule has 12 nitrogen and oxygen atoms in total. The minimum atomic E-state index is -4.44. The maximum Gasteiger partial charge on any atom is 0.416 e. The molecule has 2 aliphatic carbocycles. The van der Waals surface area contributed by atoms with Gasteiger partial charge in [0, 0.05) is 29.9 Å². The number of nitrogens with two attached hydrogens (primary N) is 1. The first-order valence-corrected chi connectivity index (χ1v) is 20.1. The molecular formula is C41H51F3N6O6S. The number of anilines is 1. The van der Waals surface area contributed by atoms with Crippen LogP contribution in [0.4, 0.5) is 18.9 Å². The highest BCUT2D eigenvalue weighted by Gasteiger charge is 2.52. The zero-order valence-electron chi connectivity index (χ0n) is 32.5. The number of likely N-dealkylation sites (tertiary alicyclic amines) is 1. The van der Waals surface area contributed by atoms with Gasteiger partial charge in [0.05, 0.1) is 27.9 Å². The van der Waals surface area contributed by atoms with Crippen LogP contribution in [-0.4, -0.2) is 69.6 Å². The van der Waals surface area contributed by atoms with E-state index in [0.29, 0.717) is 32.2 Å². The molecule has 4 aromatic rings. The second kappa shape index (κ2) is 18.7. The van der Waals surface area contributed by atoms with Gasteiger partial charge < -0.3 is 21.1 Å². The summed E-state index contributed by atoms with van der Waals surface area (Å²) in [6.45, 7) is 12.0. The van der Waals surface area contributed by atoms with Crippen LogP contribution >= 0.6 is 0 Å². The van der Waals surface area contributed by atoms with Crippen LogP contribution < -0.4 is 15.8 Å². The van der Waals surface area contributed by atoms with Crippen LogP contribution in [0.5, 0.6) is 5.75 Å². The van der Waals surface area contributed by atoms with E-state index in [4.69, 9.17) is 5.73 Å². The Balaban J connectivity index is 0.000000184. The topological polar surface area (TPSA) is 177 Å². The predicted molar refractivity (Wildman–Crippen MR) is 214 cm³/mol. The smallest absolute Gasteiger partial charge is 0.416 e. The molecular weight excluding hydrogens is 762 g/mol. The lowest BCUT2D eigenvalue weighted by molar-refractivity contribution is -0.137. The molecule has 0 bridgehead atoms. The molecule has 1 aromatic heterocycles. The molecule has 16 heteroatoms. The Morgan fingerprint density at radius 2 is 1.72 bits per heavy atom. The first kappa shape index (κ1) is 44.3. The molecule has 5 N–H and O–H groups in total. The molecule has 2 saturated carbocycles. The zero-order valence-corrected chi connectivity index (χ0v) is 33.3. The molecule has 3 fully saturated rings. The third kappa shape index (κ3) is 12.3. The first-order chi connectivity index (χ1) is 26.8. The summed E-state index contributed by atoms with van der Waals surface area (Å²) in [6, 6.07) is 19.1. The zero-order chi connectivity index (χ0) is 42.1. The Morgan fingerprint density at radius 3 is 2.30 bits per heavy atom. The second-order valence-electron chi connectivity index (χ2n) is 15.1. The van der Waals surface area contributed by atoms with Crippen LogP contribution in [0, 0.1) is 17.8 Å². The van der Waals surface area contributed by atoms with E-state index in [0.717, 1.165) is 41.2 Å². The van der Waals surface area contributed by atoms with E-state index >= 15 is 0 Å². The number of rotatable bonds is 9. The molecule has 3 atom stereocenters. The predicted octanol–water partition coefficient (Wildman–Crippen LogP) is 6.79. The number of allylic oxidation sites excluding steroid dienone is 1. The molecule has 308 valence electrons. The van der Waals surface area contributed by atoms with E-state index in [1.54, 1.807) is 31.5 Å². The van der Waals surface area contributed by atoms with E-state index in [-0.39, 0.29) is 41.6 Å². The lowest BCUT2D eigenvalue weighted by Crippen LogP contribution is -2.45. The number of nitrogens with one attached hydrogen (secondary N) is 2. The van der Waals surface area contributed by atoms with Crippen molar-refractivity contribution in [1.29, 1.82) is 0 Å². The summed E-state index contributed by atoms with van der Waals surface area (Å²) in [6.07, 6.45) is 2.24. The van der Waals surface area contributed by atoms with Gasteiger partial charge in [-0.05, 0) is 93.3 Å². The van der Waals surface area contributed by atoms with Gasteiger partial charge in [0.15, 0.2) is 0 Å². The number of fused-ring (bicyclic) bond motifs is 1. The molecule has 0 radical (unpaired) electrons. The van der Waals surface area contributed by atoms with Crippen LogP contribution in [-0.2, 0) is 30.6 Å². The molecule has 3 unspecified atom stereocenters. The number of sulfonamides is 1. The summed E-state index contributed by atoms with van der Waals surface area (Å²) < 4.78 is 64.6. The number of carbonyl (C=O) groups is 3. The number of aromatic hydroxyl groups is 1. The van der Waals surface area contributed by atoms with Crippen LogP contribution in [0.3, 0.4) is 0 Å². The van der Waals surface area contributed by atoms with Crippen molar-refractivity contribution in [2.24, 2.45) is 23.5 Å². The van der Waals surface area contributed by atoms with Crippen molar-refractivity contribution in [3.8, 4) is 11.4 Å². The van der Waals surface area contributed by atoms with Gasteiger partial charge in [-0.2, -0.15) is 13.2 Å². The number of alkyl halides is 3. The quantitative estimate of drug-likeness (QED) is 0.134. The Labute approximate surface area is 331 Å². The SMILES string of the molecule is C=CC1CC1C(=O)NS(=O)(=O)C1(C)CC1.CC(C)C.NC(=O)C1CCCN1C(=O)CNc1cccc(C(F)(F)F)c1.Oc1ccc2ncn(-c3ccccc3)c2c1. The molecule has 0 spiro atoms. The number of hydrogen-bond acceptors (Lipinski definition) is 8. The van der Waals surface area contributed by atoms with Crippen LogP contribution in [0.1, 0.15) is 65.4 Å². The van der Waals surface area contributed by atoms with Crippen molar-refractivity contribution in [3.05, 3.63) is 97.3 Å². The van der Waals surface area contributed by atoms with Gasteiger partial charge in [-0.15, -0.1) is 6.58 Å². The van der Waals surface area contributed by atoms with Crippen molar-refractivity contribution in [3.63, 3.8) is 0 Å². The highest BCUT2D eigenvalue weighted by Crippen LogP contribution is 2.44. The molecule has 57 heavy (non-hydrogen) atoms. The number of primary amides is 1. The van der Waals surface area contributed by atoms with Crippen molar-refractivity contribution in [2.45, 2.75) is 76.8 Å². The molecule has 2 heterocycles. The molecule has 3 aromatic carbocycles. The number of phenolic OH excluding ortho intramolecular Hbond substituents is 1. The summed E-state index contributed by atoms with van der Waals surface area (Å²) in [5.74, 6) is -0.228. The third-order valence-electron chi connectivity index (χ3n) is 9.42. The summed E-state index contributed by atoms with van der Waals surface area (Å²) in [4.78, 5) is 40.5. The normalized spacial score (nSPS) is 19.1. The summed E-state index contributed by atoms with van der Waals surface area (Å²) >= 11 is 0. The van der Waals surface area contributed by atoms with Crippen molar-refractivity contribution >= 4 is 44.5 Å². The largest absolute Gasteiger partial charge is 0.508 e. The fraction of sp³-hybridized carbons (Fsp3) is 0.415. The molecule has 1 aliphatic heterocycles. The fourth-order valence-corrected chi connectivity index (χ4v) is 7.09. The van der Waals surface area contributed by atoms with Crippen molar-refractivity contribution in [1.82, 2.24) is 19.2 Å². The Hall–Kier alpha value is -5.38. The van der Waals surface area contributed by atoms with Gasteiger partial charge in [0.25, 0.3) is 0 Å². The highest BCUT2D eigenvalue weighted by molar-refractivity contribution is 7.91. The van der Waals surface area contributed by atoms with Crippen LogP contribution in [0.25, 0.3) is 16.7 Å². The van der Waals surface area contributed by atoms with Crippen LogP contribution in [0.15, 0.2) is 91.8 Å². The molecule has 3 amide bonds. The van der Waals surface area contributed by atoms with E-state index in [1.807, 2.05) is 41.0 Å². The van der Waals surface area contributed by atoms with Crippen molar-refractivity contribution in [2.75, 3.05) is 18.4 Å². The average Bonchev–Trinajstić information content (AvgIpc) is 4.01. The molecule has 1 saturated heterocycles. The fourth-order valence-electron chi connectivity index (χ4n) is 5.79. The van der Waals surface area contributed by atoms with E-state index in [2.05, 4.69) is 42.4 Å². The van der Waals surface area contributed by atoms with Crippen molar-refractivity contribution < 1.29 is 41.1 Å². The number of hydrogen-bond donors (Lipinski definition) is 4. The number of benzene rings is 3.